The third-order valence-electron chi connectivity index (χ3n) is 5.78. The molecule has 0 radical (unpaired) electrons. The first-order valence-electron chi connectivity index (χ1n) is 11.4. The van der Waals surface area contributed by atoms with Crippen molar-refractivity contribution in [2.75, 3.05) is 6.54 Å². The molecule has 1 aliphatic rings. The van der Waals surface area contributed by atoms with E-state index < -0.39 is 26.8 Å². The molecule has 0 spiro atoms. The molecular weight excluding hydrogens is 467 g/mol. The molecule has 9 heteroatoms. The number of rotatable bonds is 8. The molecule has 1 saturated carbocycles. The van der Waals surface area contributed by atoms with E-state index in [1.807, 2.05) is 13.8 Å². The lowest BCUT2D eigenvalue weighted by molar-refractivity contribution is -0.138. The first-order chi connectivity index (χ1) is 16.0. The Kier molecular flexibility index (Phi) is 8.28. The fourth-order valence-electron chi connectivity index (χ4n) is 4.20. The molecule has 0 N–H and O–H groups in total. The van der Waals surface area contributed by atoms with Gasteiger partial charge in [0.15, 0.2) is 0 Å². The van der Waals surface area contributed by atoms with E-state index in [-0.39, 0.29) is 23.5 Å². The molecule has 0 bridgehead atoms. The Morgan fingerprint density at radius 1 is 1.06 bits per heavy atom. The van der Waals surface area contributed by atoms with Gasteiger partial charge < -0.3 is 9.08 Å². The van der Waals surface area contributed by atoms with Gasteiger partial charge in [0, 0.05) is 19.0 Å². The van der Waals surface area contributed by atoms with Crippen molar-refractivity contribution < 1.29 is 30.6 Å². The summed E-state index contributed by atoms with van der Waals surface area (Å²) in [5, 5.41) is 0. The van der Waals surface area contributed by atoms with E-state index in [9.17, 15) is 26.4 Å². The number of carbonyl (C=O) groups is 1. The quantitative estimate of drug-likeness (QED) is 0.417. The van der Waals surface area contributed by atoms with Crippen LogP contribution < -0.4 is 4.18 Å². The van der Waals surface area contributed by atoms with Crippen LogP contribution in [-0.4, -0.2) is 25.8 Å². The monoisotopic (exact) mass is 497 g/mol. The molecule has 3 rings (SSSR count). The highest BCUT2D eigenvalue weighted by atomic mass is 32.2. The summed E-state index contributed by atoms with van der Waals surface area (Å²) in [6.07, 6.45) is 0.326. The lowest BCUT2D eigenvalue weighted by Crippen LogP contribution is -2.38. The van der Waals surface area contributed by atoms with Crippen molar-refractivity contribution in [1.82, 2.24) is 4.90 Å². The van der Waals surface area contributed by atoms with Gasteiger partial charge in [0.05, 0.1) is 5.56 Å². The molecule has 2 aromatic rings. The minimum Gasteiger partial charge on any atom is -0.379 e. The lowest BCUT2D eigenvalue weighted by atomic mass is 9.88. The molecule has 0 aliphatic heterocycles. The third kappa shape index (κ3) is 6.98. The fraction of sp³-hybridized carbons (Fsp3) is 0.480. The maximum Gasteiger partial charge on any atom is 0.416 e. The number of benzene rings is 2. The first-order valence-corrected chi connectivity index (χ1v) is 12.9. The first kappa shape index (κ1) is 26.1. The number of hydrogen-bond acceptors (Lipinski definition) is 4. The maximum absolute atomic E-state index is 13.2. The Labute approximate surface area is 199 Å². The van der Waals surface area contributed by atoms with Gasteiger partial charge in [-0.25, -0.2) is 0 Å². The molecule has 1 aliphatic carbocycles. The van der Waals surface area contributed by atoms with Crippen LogP contribution in [0.3, 0.4) is 0 Å². The Bertz CT molecular complexity index is 1090. The topological polar surface area (TPSA) is 63.7 Å². The summed E-state index contributed by atoms with van der Waals surface area (Å²) < 4.78 is 69.3. The standard InChI is InChI=1S/C25H30F3NO4S/c1-18(2)16-29(24(30)20-9-4-3-5-10-20)17-19-8-6-12-22(14-19)33-34(31,32)23-13-7-11-21(15-23)25(26,27)28/h6-8,11-15,18,20H,3-5,9-10,16-17H2,1-2H3. The van der Waals surface area contributed by atoms with E-state index in [0.29, 0.717) is 24.7 Å². The highest BCUT2D eigenvalue weighted by Gasteiger charge is 2.32. The minimum atomic E-state index is -4.67. The van der Waals surface area contributed by atoms with Crippen LogP contribution in [0.5, 0.6) is 5.75 Å². The number of hydrogen-bond donors (Lipinski definition) is 0. The second kappa shape index (κ2) is 10.8. The van der Waals surface area contributed by atoms with Crippen LogP contribution in [0.4, 0.5) is 13.2 Å². The molecule has 0 aromatic heterocycles. The van der Waals surface area contributed by atoms with Gasteiger partial charge in [0.25, 0.3) is 0 Å². The van der Waals surface area contributed by atoms with Crippen LogP contribution in [0.2, 0.25) is 0 Å². The molecule has 5 nitrogen and oxygen atoms in total. The Balaban J connectivity index is 1.78. The van der Waals surface area contributed by atoms with Crippen LogP contribution >= 0.6 is 0 Å². The third-order valence-corrected chi connectivity index (χ3v) is 7.02. The maximum atomic E-state index is 13.2. The van der Waals surface area contributed by atoms with Crippen LogP contribution in [0, 0.1) is 11.8 Å². The number of amides is 1. The van der Waals surface area contributed by atoms with E-state index in [0.717, 1.165) is 50.3 Å². The fourth-order valence-corrected chi connectivity index (χ4v) is 5.17. The van der Waals surface area contributed by atoms with Gasteiger partial charge >= 0.3 is 16.3 Å². The normalized spacial score (nSPS) is 15.4. The van der Waals surface area contributed by atoms with E-state index in [4.69, 9.17) is 4.18 Å². The zero-order chi connectivity index (χ0) is 24.9. The second-order valence-electron chi connectivity index (χ2n) is 9.16. The molecule has 34 heavy (non-hydrogen) atoms. The summed E-state index contributed by atoms with van der Waals surface area (Å²) in [6.45, 7) is 4.93. The van der Waals surface area contributed by atoms with Crippen molar-refractivity contribution >= 4 is 16.0 Å². The summed E-state index contributed by atoms with van der Waals surface area (Å²) in [5.41, 5.74) is -0.391. The summed E-state index contributed by atoms with van der Waals surface area (Å²) in [4.78, 5) is 14.4. The number of halogens is 3. The van der Waals surface area contributed by atoms with Crippen molar-refractivity contribution in [3.8, 4) is 5.75 Å². The molecule has 2 aromatic carbocycles. The smallest absolute Gasteiger partial charge is 0.379 e. The molecule has 1 fully saturated rings. The molecule has 186 valence electrons. The predicted octanol–water partition coefficient (Wildman–Crippen LogP) is 6.04. The molecule has 0 atom stereocenters. The van der Waals surface area contributed by atoms with Crippen LogP contribution in [-0.2, 0) is 27.6 Å². The number of alkyl halides is 3. The Morgan fingerprint density at radius 2 is 1.74 bits per heavy atom. The van der Waals surface area contributed by atoms with E-state index in [2.05, 4.69) is 0 Å². The summed E-state index contributed by atoms with van der Waals surface area (Å²) >= 11 is 0. The molecule has 0 saturated heterocycles. The van der Waals surface area contributed by atoms with E-state index >= 15 is 0 Å². The van der Waals surface area contributed by atoms with Gasteiger partial charge in [-0.1, -0.05) is 51.3 Å². The van der Waals surface area contributed by atoms with Crippen LogP contribution in [0.15, 0.2) is 53.4 Å². The largest absolute Gasteiger partial charge is 0.416 e. The average molecular weight is 498 g/mol. The summed E-state index contributed by atoms with van der Waals surface area (Å²) in [5.74, 6) is 0.349. The van der Waals surface area contributed by atoms with Crippen molar-refractivity contribution in [2.45, 2.75) is 63.6 Å². The zero-order valence-electron chi connectivity index (χ0n) is 19.3. The Morgan fingerprint density at radius 3 is 2.38 bits per heavy atom. The lowest BCUT2D eigenvalue weighted by Gasteiger charge is -2.30. The van der Waals surface area contributed by atoms with Crippen LogP contribution in [0.1, 0.15) is 57.1 Å². The van der Waals surface area contributed by atoms with Crippen molar-refractivity contribution in [3.05, 3.63) is 59.7 Å². The highest BCUT2D eigenvalue weighted by molar-refractivity contribution is 7.87. The number of carbonyl (C=O) groups excluding carboxylic acids is 1. The van der Waals surface area contributed by atoms with Gasteiger partial charge in [0.1, 0.15) is 10.6 Å². The molecule has 1 amide bonds. The molecule has 0 heterocycles. The molecular formula is C25H30F3NO4S. The van der Waals surface area contributed by atoms with Gasteiger partial charge in [-0.15, -0.1) is 0 Å². The Hall–Kier alpha value is -2.55. The van der Waals surface area contributed by atoms with Crippen LogP contribution in [0.25, 0.3) is 0 Å². The number of nitrogens with zero attached hydrogens (tertiary/aromatic N) is 1. The van der Waals surface area contributed by atoms with Crippen molar-refractivity contribution in [1.29, 1.82) is 0 Å². The van der Waals surface area contributed by atoms with Gasteiger partial charge in [-0.05, 0) is 54.7 Å². The van der Waals surface area contributed by atoms with Crippen molar-refractivity contribution in [2.24, 2.45) is 11.8 Å². The van der Waals surface area contributed by atoms with Gasteiger partial charge in [-0.2, -0.15) is 21.6 Å². The zero-order valence-corrected chi connectivity index (χ0v) is 20.2. The van der Waals surface area contributed by atoms with Gasteiger partial charge in [-0.3, -0.25) is 4.79 Å². The summed E-state index contributed by atoms with van der Waals surface area (Å²) in [6, 6.07) is 9.73. The average Bonchev–Trinajstić information content (AvgIpc) is 2.78. The van der Waals surface area contributed by atoms with Gasteiger partial charge in [0.2, 0.25) is 5.91 Å². The predicted molar refractivity (Wildman–Crippen MR) is 123 cm³/mol. The minimum absolute atomic E-state index is 0.00761. The SMILES string of the molecule is CC(C)CN(Cc1cccc(OS(=O)(=O)c2cccc(C(F)(F)F)c2)c1)C(=O)C1CCCCC1. The van der Waals surface area contributed by atoms with E-state index in [1.54, 1.807) is 17.0 Å². The van der Waals surface area contributed by atoms with Crippen molar-refractivity contribution in [3.63, 3.8) is 0 Å². The summed E-state index contributed by atoms with van der Waals surface area (Å²) in [7, 11) is -4.47. The molecule has 0 unspecified atom stereocenters. The second-order valence-corrected chi connectivity index (χ2v) is 10.7. The highest BCUT2D eigenvalue weighted by Crippen LogP contribution is 2.31. The van der Waals surface area contributed by atoms with E-state index in [1.165, 1.54) is 12.1 Å².